The molecule has 42 heavy (non-hydrogen) atoms. The van der Waals surface area contributed by atoms with E-state index in [1.807, 2.05) is 36.9 Å². The molecule has 2 aliphatic rings. The third-order valence-corrected chi connectivity index (χ3v) is 9.55. The minimum absolute atomic E-state index is 0.493. The van der Waals surface area contributed by atoms with E-state index in [4.69, 9.17) is 4.84 Å². The lowest BCUT2D eigenvalue weighted by Gasteiger charge is -2.21. The molecule has 1 aliphatic carbocycles. The highest BCUT2D eigenvalue weighted by atomic mass is 16.7. The van der Waals surface area contributed by atoms with Crippen molar-refractivity contribution in [1.82, 2.24) is 15.0 Å². The van der Waals surface area contributed by atoms with Gasteiger partial charge in [-0.1, -0.05) is 88.5 Å². The first-order valence-corrected chi connectivity index (χ1v) is 17.8. The Morgan fingerprint density at radius 1 is 0.667 bits per heavy atom. The molecule has 0 radical (unpaired) electrons. The number of hydrogen-bond acceptors (Lipinski definition) is 4. The van der Waals surface area contributed by atoms with Crippen molar-refractivity contribution in [3.8, 4) is 0 Å². The number of aryl methyl sites for hydroxylation is 2. The molecule has 4 nitrogen and oxygen atoms in total. The summed E-state index contributed by atoms with van der Waals surface area (Å²) >= 11 is 0. The molecule has 1 saturated heterocycles. The molecule has 4 rings (SSSR count). The van der Waals surface area contributed by atoms with Crippen molar-refractivity contribution >= 4 is 0 Å². The van der Waals surface area contributed by atoms with Gasteiger partial charge in [0.15, 0.2) is 0 Å². The topological polar surface area (TPSA) is 38.2 Å². The second-order valence-electron chi connectivity index (χ2n) is 13.0. The SMILES string of the molecule is C(=C/CCCCCN1OC(CCCCCCCCc2cccnc2)C2CCCC21)/CCCCCCCc1cccnc1. The second-order valence-corrected chi connectivity index (χ2v) is 13.0. The molecular formula is C38H59N3O. The number of hydrogen-bond donors (Lipinski definition) is 0. The van der Waals surface area contributed by atoms with Crippen molar-refractivity contribution in [1.29, 1.82) is 0 Å². The molecule has 3 heterocycles. The minimum atomic E-state index is 0.493. The van der Waals surface area contributed by atoms with E-state index < -0.39 is 0 Å². The summed E-state index contributed by atoms with van der Waals surface area (Å²) in [6, 6.07) is 9.19. The van der Waals surface area contributed by atoms with Crippen LogP contribution in [0.3, 0.4) is 0 Å². The second kappa shape index (κ2) is 20.8. The molecule has 2 fully saturated rings. The standard InChI is InChI=1S/C38H59N3O/c1(3-5-7-11-15-22-34-24-20-29-39-32-34)2-4-6-10-14-18-31-41-37-27-19-26-36(37)38(42-41)28-17-13-9-8-12-16-23-35-25-21-30-40-33-35/h2,4,20-21,24-25,29-30,32-33,36-38H,1,3,5-19,22-23,26-28,31H2/b4-2-. The Hall–Kier alpha value is -2.04. The zero-order chi connectivity index (χ0) is 28.9. The maximum absolute atomic E-state index is 6.56. The Morgan fingerprint density at radius 3 is 1.86 bits per heavy atom. The van der Waals surface area contributed by atoms with Gasteiger partial charge >= 0.3 is 0 Å². The highest BCUT2D eigenvalue weighted by molar-refractivity contribution is 5.08. The van der Waals surface area contributed by atoms with E-state index in [1.165, 1.54) is 152 Å². The van der Waals surface area contributed by atoms with Gasteiger partial charge in [-0.3, -0.25) is 14.8 Å². The molecule has 2 aromatic rings. The number of rotatable bonds is 23. The van der Waals surface area contributed by atoms with Crippen LogP contribution in [0.2, 0.25) is 0 Å². The number of nitrogens with zero attached hydrogens (tertiary/aromatic N) is 3. The number of hydroxylamine groups is 2. The molecule has 4 heteroatoms. The van der Waals surface area contributed by atoms with Crippen LogP contribution in [0.4, 0.5) is 0 Å². The van der Waals surface area contributed by atoms with Gasteiger partial charge in [0.2, 0.25) is 0 Å². The van der Waals surface area contributed by atoms with Crippen molar-refractivity contribution in [2.24, 2.45) is 5.92 Å². The van der Waals surface area contributed by atoms with Gasteiger partial charge in [0.1, 0.15) is 0 Å². The Balaban J connectivity index is 0.937. The number of unbranched alkanes of at least 4 members (excludes halogenated alkanes) is 13. The van der Waals surface area contributed by atoms with Crippen molar-refractivity contribution in [3.63, 3.8) is 0 Å². The average Bonchev–Trinajstić information content (AvgIpc) is 3.64. The van der Waals surface area contributed by atoms with Gasteiger partial charge in [0.05, 0.1) is 6.10 Å². The van der Waals surface area contributed by atoms with Crippen LogP contribution in [0.15, 0.2) is 61.2 Å². The zero-order valence-corrected chi connectivity index (χ0v) is 26.5. The van der Waals surface area contributed by atoms with E-state index in [9.17, 15) is 0 Å². The lowest BCUT2D eigenvalue weighted by molar-refractivity contribution is -0.167. The van der Waals surface area contributed by atoms with E-state index >= 15 is 0 Å². The number of allylic oxidation sites excluding steroid dienone is 2. The first-order chi connectivity index (χ1) is 20.9. The fourth-order valence-corrected chi connectivity index (χ4v) is 7.11. The van der Waals surface area contributed by atoms with Gasteiger partial charge in [0, 0.05) is 43.3 Å². The molecule has 3 unspecified atom stereocenters. The highest BCUT2D eigenvalue weighted by Gasteiger charge is 2.44. The highest BCUT2D eigenvalue weighted by Crippen LogP contribution is 2.41. The molecule has 0 N–H and O–H groups in total. The molecule has 0 aromatic carbocycles. The molecule has 1 aliphatic heterocycles. The van der Waals surface area contributed by atoms with E-state index in [0.29, 0.717) is 12.1 Å². The van der Waals surface area contributed by atoms with Crippen molar-refractivity contribution < 1.29 is 4.84 Å². The summed E-state index contributed by atoms with van der Waals surface area (Å²) < 4.78 is 0. The summed E-state index contributed by atoms with van der Waals surface area (Å²) in [7, 11) is 0. The molecule has 0 bridgehead atoms. The summed E-state index contributed by atoms with van der Waals surface area (Å²) in [5.41, 5.74) is 2.75. The summed E-state index contributed by atoms with van der Waals surface area (Å²) in [6.45, 7) is 1.14. The van der Waals surface area contributed by atoms with E-state index in [0.717, 1.165) is 12.5 Å². The number of aromatic nitrogens is 2. The first kappa shape index (κ1) is 32.9. The van der Waals surface area contributed by atoms with Crippen LogP contribution < -0.4 is 0 Å². The van der Waals surface area contributed by atoms with Crippen LogP contribution in [0, 0.1) is 5.92 Å². The van der Waals surface area contributed by atoms with Crippen LogP contribution >= 0.6 is 0 Å². The molecule has 2 aromatic heterocycles. The predicted molar refractivity (Wildman–Crippen MR) is 176 cm³/mol. The van der Waals surface area contributed by atoms with E-state index in [-0.39, 0.29) is 0 Å². The minimum Gasteiger partial charge on any atom is -0.295 e. The third-order valence-electron chi connectivity index (χ3n) is 9.55. The molecule has 0 spiro atoms. The fraction of sp³-hybridized carbons (Fsp3) is 0.684. The summed E-state index contributed by atoms with van der Waals surface area (Å²) in [4.78, 5) is 15.0. The fourth-order valence-electron chi connectivity index (χ4n) is 7.11. The van der Waals surface area contributed by atoms with Crippen molar-refractivity contribution in [2.75, 3.05) is 6.54 Å². The van der Waals surface area contributed by atoms with Gasteiger partial charge in [-0.15, -0.1) is 0 Å². The number of pyridine rings is 2. The Morgan fingerprint density at radius 2 is 1.24 bits per heavy atom. The zero-order valence-electron chi connectivity index (χ0n) is 26.5. The monoisotopic (exact) mass is 573 g/mol. The lowest BCUT2D eigenvalue weighted by Crippen LogP contribution is -2.29. The van der Waals surface area contributed by atoms with Crippen LogP contribution in [-0.4, -0.2) is 33.7 Å². The lowest BCUT2D eigenvalue weighted by atomic mass is 9.93. The summed E-state index contributed by atoms with van der Waals surface area (Å²) in [6.07, 6.45) is 42.0. The van der Waals surface area contributed by atoms with Crippen LogP contribution in [0.25, 0.3) is 0 Å². The van der Waals surface area contributed by atoms with E-state index in [2.05, 4.69) is 39.3 Å². The third kappa shape index (κ3) is 12.7. The normalized spacial score (nSPS) is 20.5. The Labute approximate surface area is 257 Å². The molecule has 232 valence electrons. The van der Waals surface area contributed by atoms with Crippen LogP contribution in [-0.2, 0) is 17.7 Å². The Kier molecular flexibility index (Phi) is 16.3. The molecular weight excluding hydrogens is 514 g/mol. The van der Waals surface area contributed by atoms with Crippen LogP contribution in [0.5, 0.6) is 0 Å². The summed E-state index contributed by atoms with van der Waals surface area (Å²) in [5, 5.41) is 2.42. The summed E-state index contributed by atoms with van der Waals surface area (Å²) in [5.74, 6) is 0.800. The first-order valence-electron chi connectivity index (χ1n) is 17.8. The molecule has 1 saturated carbocycles. The van der Waals surface area contributed by atoms with Crippen molar-refractivity contribution in [2.45, 2.75) is 153 Å². The van der Waals surface area contributed by atoms with Gasteiger partial charge in [-0.2, -0.15) is 5.06 Å². The number of fused-ring (bicyclic) bond motifs is 1. The molecule has 3 atom stereocenters. The molecule has 0 amide bonds. The smallest absolute Gasteiger partial charge is 0.0837 e. The van der Waals surface area contributed by atoms with E-state index in [1.54, 1.807) is 0 Å². The maximum atomic E-state index is 6.56. The van der Waals surface area contributed by atoms with Gasteiger partial charge in [-0.05, 0) is 100 Å². The maximum Gasteiger partial charge on any atom is 0.0837 e. The van der Waals surface area contributed by atoms with Crippen molar-refractivity contribution in [3.05, 3.63) is 72.3 Å². The largest absolute Gasteiger partial charge is 0.295 e. The van der Waals surface area contributed by atoms with Gasteiger partial charge < -0.3 is 0 Å². The van der Waals surface area contributed by atoms with Gasteiger partial charge in [-0.25, -0.2) is 0 Å². The Bertz CT molecular complexity index is 949. The van der Waals surface area contributed by atoms with Gasteiger partial charge in [0.25, 0.3) is 0 Å². The predicted octanol–water partition coefficient (Wildman–Crippen LogP) is 10.2. The average molecular weight is 574 g/mol. The quantitative estimate of drug-likeness (QED) is 0.0979. The van der Waals surface area contributed by atoms with Crippen LogP contribution in [0.1, 0.15) is 140 Å².